The van der Waals surface area contributed by atoms with E-state index < -0.39 is 5.82 Å². The van der Waals surface area contributed by atoms with E-state index >= 15 is 0 Å². The number of nitrogens with two attached hydrogens (primary N) is 1. The Balaban J connectivity index is 2.69. The number of rotatable bonds is 1. The number of phenols is 1. The van der Waals surface area contributed by atoms with Gasteiger partial charge in [-0.15, -0.1) is 0 Å². The number of halogens is 2. The molecule has 0 aliphatic heterocycles. The van der Waals surface area contributed by atoms with Gasteiger partial charge in [0.25, 0.3) is 0 Å². The zero-order valence-electron chi connectivity index (χ0n) is 8.41. The lowest BCUT2D eigenvalue weighted by molar-refractivity contribution is 0.471. The summed E-state index contributed by atoms with van der Waals surface area (Å²) in [6.45, 7) is 0. The Bertz CT molecular complexity index is 553. The number of hydrogen-bond acceptors (Lipinski definition) is 3. The van der Waals surface area contributed by atoms with Crippen LogP contribution in [0, 0.1) is 5.82 Å². The fourth-order valence-electron chi connectivity index (χ4n) is 1.43. The van der Waals surface area contributed by atoms with Gasteiger partial charge in [0, 0.05) is 18.2 Å². The first-order valence-electron chi connectivity index (χ1n) is 4.46. The molecule has 0 unspecified atom stereocenters. The van der Waals surface area contributed by atoms with Crippen molar-refractivity contribution in [3.05, 3.63) is 28.6 Å². The molecule has 16 heavy (non-hydrogen) atoms. The second-order valence-electron chi connectivity index (χ2n) is 3.35. The molecule has 6 heteroatoms. The van der Waals surface area contributed by atoms with Crippen LogP contribution in [0.4, 0.5) is 10.2 Å². The Morgan fingerprint density at radius 3 is 2.69 bits per heavy atom. The second kappa shape index (κ2) is 3.79. The summed E-state index contributed by atoms with van der Waals surface area (Å²) in [4.78, 5) is 0. The number of nitrogen functional groups attached to an aromatic ring is 1. The van der Waals surface area contributed by atoms with Crippen LogP contribution in [0.1, 0.15) is 0 Å². The molecule has 0 saturated carbocycles. The Morgan fingerprint density at radius 2 is 2.12 bits per heavy atom. The smallest absolute Gasteiger partial charge is 0.137 e. The standard InChI is InChI=1S/C10H9BrFN3O/c1-15-10(13)7(4-14-15)6-2-5(12)3-8(11)9(6)16/h2-4,16H,13H2,1H3. The molecule has 1 aromatic carbocycles. The molecule has 3 N–H and O–H groups in total. The van der Waals surface area contributed by atoms with Crippen molar-refractivity contribution in [2.45, 2.75) is 0 Å². The summed E-state index contributed by atoms with van der Waals surface area (Å²) in [6, 6.07) is 2.40. The van der Waals surface area contributed by atoms with Gasteiger partial charge in [0.05, 0.1) is 10.7 Å². The first-order chi connectivity index (χ1) is 7.50. The Hall–Kier alpha value is -1.56. The number of anilines is 1. The lowest BCUT2D eigenvalue weighted by Gasteiger charge is -2.06. The molecule has 0 radical (unpaired) electrons. The average molecular weight is 286 g/mol. The molecule has 84 valence electrons. The summed E-state index contributed by atoms with van der Waals surface area (Å²) in [5.41, 5.74) is 6.57. The van der Waals surface area contributed by atoms with Crippen LogP contribution in [0.25, 0.3) is 11.1 Å². The molecule has 0 saturated heterocycles. The molecule has 1 aromatic heterocycles. The quantitative estimate of drug-likeness (QED) is 0.845. The second-order valence-corrected chi connectivity index (χ2v) is 4.21. The van der Waals surface area contributed by atoms with Gasteiger partial charge in [-0.1, -0.05) is 0 Å². The van der Waals surface area contributed by atoms with Crippen LogP contribution in [0.2, 0.25) is 0 Å². The summed E-state index contributed by atoms with van der Waals surface area (Å²) in [6.07, 6.45) is 1.48. The molecule has 0 amide bonds. The molecular formula is C10H9BrFN3O. The van der Waals surface area contributed by atoms with E-state index in [2.05, 4.69) is 21.0 Å². The third-order valence-corrected chi connectivity index (χ3v) is 2.91. The van der Waals surface area contributed by atoms with Gasteiger partial charge in [-0.25, -0.2) is 4.39 Å². The molecule has 0 aliphatic rings. The number of hydrogen-bond donors (Lipinski definition) is 2. The average Bonchev–Trinajstić information content (AvgIpc) is 2.54. The van der Waals surface area contributed by atoms with E-state index in [9.17, 15) is 9.50 Å². The number of benzene rings is 1. The summed E-state index contributed by atoms with van der Waals surface area (Å²) in [5, 5.41) is 13.7. The molecule has 1 heterocycles. The molecule has 0 spiro atoms. The molecule has 4 nitrogen and oxygen atoms in total. The van der Waals surface area contributed by atoms with Crippen LogP contribution in [-0.2, 0) is 7.05 Å². The van der Waals surface area contributed by atoms with E-state index in [1.54, 1.807) is 7.05 Å². The highest BCUT2D eigenvalue weighted by atomic mass is 79.9. The normalized spacial score (nSPS) is 10.7. The predicted octanol–water partition coefficient (Wildman–Crippen LogP) is 2.28. The van der Waals surface area contributed by atoms with E-state index in [1.807, 2.05) is 0 Å². The summed E-state index contributed by atoms with van der Waals surface area (Å²) >= 11 is 3.07. The minimum atomic E-state index is -0.456. The van der Waals surface area contributed by atoms with E-state index in [4.69, 9.17) is 5.73 Å². The maximum atomic E-state index is 13.2. The molecule has 0 aliphatic carbocycles. The van der Waals surface area contributed by atoms with E-state index in [0.717, 1.165) is 0 Å². The van der Waals surface area contributed by atoms with Crippen molar-refractivity contribution in [3.8, 4) is 16.9 Å². The van der Waals surface area contributed by atoms with Crippen LogP contribution < -0.4 is 5.73 Å². The van der Waals surface area contributed by atoms with Crippen molar-refractivity contribution in [2.75, 3.05) is 5.73 Å². The largest absolute Gasteiger partial charge is 0.506 e. The number of phenolic OH excluding ortho intramolecular Hbond substituents is 1. The third kappa shape index (κ3) is 1.65. The first-order valence-corrected chi connectivity index (χ1v) is 5.26. The van der Waals surface area contributed by atoms with Crippen molar-refractivity contribution >= 4 is 21.7 Å². The molecule has 2 rings (SSSR count). The fourth-order valence-corrected chi connectivity index (χ4v) is 1.86. The molecule has 0 atom stereocenters. The van der Waals surface area contributed by atoms with Gasteiger partial charge in [0.15, 0.2) is 0 Å². The van der Waals surface area contributed by atoms with Crippen molar-refractivity contribution in [2.24, 2.45) is 7.05 Å². The monoisotopic (exact) mass is 285 g/mol. The van der Waals surface area contributed by atoms with E-state index in [1.165, 1.54) is 23.0 Å². The van der Waals surface area contributed by atoms with Crippen LogP contribution in [0.5, 0.6) is 5.75 Å². The minimum Gasteiger partial charge on any atom is -0.506 e. The first kappa shape index (κ1) is 10.9. The van der Waals surface area contributed by atoms with Gasteiger partial charge in [0.2, 0.25) is 0 Å². The Morgan fingerprint density at radius 1 is 1.44 bits per heavy atom. The van der Waals surface area contributed by atoms with Gasteiger partial charge in [-0.3, -0.25) is 4.68 Å². The van der Waals surface area contributed by atoms with Gasteiger partial charge < -0.3 is 10.8 Å². The van der Waals surface area contributed by atoms with Crippen LogP contribution in [0.3, 0.4) is 0 Å². The lowest BCUT2D eigenvalue weighted by atomic mass is 10.1. The number of nitrogens with zero attached hydrogens (tertiary/aromatic N) is 2. The molecule has 2 aromatic rings. The highest BCUT2D eigenvalue weighted by Crippen LogP contribution is 2.38. The maximum Gasteiger partial charge on any atom is 0.137 e. The SMILES string of the molecule is Cn1ncc(-c2cc(F)cc(Br)c2O)c1N. The van der Waals surface area contributed by atoms with Crippen molar-refractivity contribution in [1.29, 1.82) is 0 Å². The number of aromatic hydroxyl groups is 1. The lowest BCUT2D eigenvalue weighted by Crippen LogP contribution is -1.98. The van der Waals surface area contributed by atoms with Crippen LogP contribution in [0.15, 0.2) is 22.8 Å². The zero-order chi connectivity index (χ0) is 11.9. The Labute approximate surface area is 99.6 Å². The van der Waals surface area contributed by atoms with Crippen LogP contribution in [-0.4, -0.2) is 14.9 Å². The van der Waals surface area contributed by atoms with Gasteiger partial charge >= 0.3 is 0 Å². The summed E-state index contributed by atoms with van der Waals surface area (Å²) < 4.78 is 15.0. The molecular weight excluding hydrogens is 277 g/mol. The Kier molecular flexibility index (Phi) is 2.59. The van der Waals surface area contributed by atoms with Gasteiger partial charge in [0.1, 0.15) is 17.4 Å². The summed E-state index contributed by atoms with van der Waals surface area (Å²) in [7, 11) is 1.67. The highest BCUT2D eigenvalue weighted by Gasteiger charge is 2.15. The third-order valence-electron chi connectivity index (χ3n) is 2.30. The van der Waals surface area contributed by atoms with E-state index in [0.29, 0.717) is 16.9 Å². The minimum absolute atomic E-state index is 0.0545. The maximum absolute atomic E-state index is 13.2. The topological polar surface area (TPSA) is 64.1 Å². The summed E-state index contributed by atoms with van der Waals surface area (Å²) in [5.74, 6) is -0.142. The molecule has 0 bridgehead atoms. The van der Waals surface area contributed by atoms with Gasteiger partial charge in [-0.2, -0.15) is 5.10 Å². The number of aromatic nitrogens is 2. The highest BCUT2D eigenvalue weighted by molar-refractivity contribution is 9.10. The number of aryl methyl sites for hydroxylation is 1. The van der Waals surface area contributed by atoms with Gasteiger partial charge in [-0.05, 0) is 28.1 Å². The van der Waals surface area contributed by atoms with Crippen molar-refractivity contribution in [3.63, 3.8) is 0 Å². The van der Waals surface area contributed by atoms with Crippen molar-refractivity contribution < 1.29 is 9.50 Å². The van der Waals surface area contributed by atoms with E-state index in [-0.39, 0.29) is 10.2 Å². The van der Waals surface area contributed by atoms with Crippen molar-refractivity contribution in [1.82, 2.24) is 9.78 Å². The predicted molar refractivity (Wildman–Crippen MR) is 62.4 cm³/mol. The molecule has 0 fully saturated rings. The van der Waals surface area contributed by atoms with Crippen LogP contribution >= 0.6 is 15.9 Å². The zero-order valence-corrected chi connectivity index (χ0v) is 9.99. The fraction of sp³-hybridized carbons (Fsp3) is 0.100.